The minimum atomic E-state index is 0.142. The molecule has 1 amide bonds. The van der Waals surface area contributed by atoms with Crippen molar-refractivity contribution in [2.75, 3.05) is 6.54 Å². The fourth-order valence-corrected chi connectivity index (χ4v) is 4.41. The molecule has 2 aromatic heterocycles. The van der Waals surface area contributed by atoms with E-state index in [1.807, 2.05) is 16.3 Å². The van der Waals surface area contributed by atoms with Crippen molar-refractivity contribution in [3.8, 4) is 0 Å². The highest BCUT2D eigenvalue weighted by atomic mass is 79.9. The summed E-state index contributed by atoms with van der Waals surface area (Å²) in [4.78, 5) is 16.5. The third-order valence-corrected chi connectivity index (χ3v) is 5.75. The number of rotatable bonds is 1. The Morgan fingerprint density at radius 3 is 2.88 bits per heavy atom. The zero-order valence-electron chi connectivity index (χ0n) is 8.98. The SMILES string of the molecule is O=C(c1sccc1Br)N1CCc2sccc2C1. The molecule has 3 rings (SSSR count). The van der Waals surface area contributed by atoms with Crippen LogP contribution in [0.25, 0.3) is 0 Å². The smallest absolute Gasteiger partial charge is 0.265 e. The van der Waals surface area contributed by atoms with Crippen molar-refractivity contribution in [2.45, 2.75) is 13.0 Å². The topological polar surface area (TPSA) is 20.3 Å². The summed E-state index contributed by atoms with van der Waals surface area (Å²) in [6.45, 7) is 1.58. The van der Waals surface area contributed by atoms with Crippen molar-refractivity contribution in [3.63, 3.8) is 0 Å². The zero-order valence-corrected chi connectivity index (χ0v) is 12.2. The first-order chi connectivity index (χ1) is 8.25. The molecule has 0 atom stereocenters. The molecule has 0 bridgehead atoms. The van der Waals surface area contributed by atoms with E-state index in [0.29, 0.717) is 0 Å². The van der Waals surface area contributed by atoms with Gasteiger partial charge in [-0.15, -0.1) is 22.7 Å². The minimum Gasteiger partial charge on any atom is -0.333 e. The predicted molar refractivity (Wildman–Crippen MR) is 74.8 cm³/mol. The van der Waals surface area contributed by atoms with E-state index < -0.39 is 0 Å². The van der Waals surface area contributed by atoms with Gasteiger partial charge in [0, 0.05) is 22.4 Å². The number of hydrogen-bond donors (Lipinski definition) is 0. The van der Waals surface area contributed by atoms with Gasteiger partial charge in [-0.2, -0.15) is 0 Å². The molecule has 0 aliphatic carbocycles. The van der Waals surface area contributed by atoms with E-state index in [-0.39, 0.29) is 5.91 Å². The van der Waals surface area contributed by atoms with Gasteiger partial charge in [-0.25, -0.2) is 0 Å². The van der Waals surface area contributed by atoms with Gasteiger partial charge in [0.05, 0.1) is 0 Å². The number of hydrogen-bond acceptors (Lipinski definition) is 3. The van der Waals surface area contributed by atoms with E-state index in [0.717, 1.165) is 28.9 Å². The van der Waals surface area contributed by atoms with E-state index in [4.69, 9.17) is 0 Å². The fraction of sp³-hybridized carbons (Fsp3) is 0.250. The van der Waals surface area contributed by atoms with Gasteiger partial charge in [0.1, 0.15) is 4.88 Å². The van der Waals surface area contributed by atoms with Gasteiger partial charge >= 0.3 is 0 Å². The first-order valence-corrected chi connectivity index (χ1v) is 7.88. The van der Waals surface area contributed by atoms with E-state index in [1.54, 1.807) is 11.3 Å². The first kappa shape index (κ1) is 11.4. The van der Waals surface area contributed by atoms with Crippen molar-refractivity contribution >= 4 is 44.5 Å². The molecular formula is C12H10BrNOS2. The quantitative estimate of drug-likeness (QED) is 0.780. The van der Waals surface area contributed by atoms with Crippen LogP contribution in [0.1, 0.15) is 20.1 Å². The van der Waals surface area contributed by atoms with Crippen molar-refractivity contribution in [1.29, 1.82) is 0 Å². The van der Waals surface area contributed by atoms with Crippen molar-refractivity contribution in [3.05, 3.63) is 42.7 Å². The molecule has 1 aliphatic rings. The molecule has 0 N–H and O–H groups in total. The highest BCUT2D eigenvalue weighted by molar-refractivity contribution is 9.10. The molecule has 3 heterocycles. The molecule has 1 aliphatic heterocycles. The van der Waals surface area contributed by atoms with Gasteiger partial charge in [0.2, 0.25) is 0 Å². The molecule has 0 saturated carbocycles. The molecule has 0 fully saturated rings. The molecule has 0 spiro atoms. The lowest BCUT2D eigenvalue weighted by atomic mass is 10.1. The molecule has 2 aromatic rings. The van der Waals surface area contributed by atoms with E-state index in [1.165, 1.54) is 21.8 Å². The lowest BCUT2D eigenvalue weighted by molar-refractivity contribution is 0.0740. The number of amides is 1. The molecule has 5 heteroatoms. The van der Waals surface area contributed by atoms with Crippen molar-refractivity contribution < 1.29 is 4.79 Å². The molecule has 0 radical (unpaired) electrons. The largest absolute Gasteiger partial charge is 0.333 e. The predicted octanol–water partition coefficient (Wildman–Crippen LogP) is 3.77. The van der Waals surface area contributed by atoms with Gasteiger partial charge in [-0.05, 0) is 50.8 Å². The second kappa shape index (κ2) is 4.55. The number of carbonyl (C=O) groups is 1. The third-order valence-electron chi connectivity index (χ3n) is 2.91. The van der Waals surface area contributed by atoms with Crippen LogP contribution in [0.3, 0.4) is 0 Å². The normalized spacial score (nSPS) is 14.8. The second-order valence-corrected chi connectivity index (χ2v) is 6.71. The van der Waals surface area contributed by atoms with Gasteiger partial charge in [0.25, 0.3) is 5.91 Å². The number of halogens is 1. The summed E-state index contributed by atoms with van der Waals surface area (Å²) in [7, 11) is 0. The number of fused-ring (bicyclic) bond motifs is 1. The Hall–Kier alpha value is -0.650. The van der Waals surface area contributed by atoms with Gasteiger partial charge in [0.15, 0.2) is 0 Å². The lowest BCUT2D eigenvalue weighted by Gasteiger charge is -2.26. The average molecular weight is 328 g/mol. The second-order valence-electron chi connectivity index (χ2n) is 3.94. The van der Waals surface area contributed by atoms with Crippen LogP contribution in [0.4, 0.5) is 0 Å². The van der Waals surface area contributed by atoms with Crippen LogP contribution in [0.5, 0.6) is 0 Å². The van der Waals surface area contributed by atoms with Crippen LogP contribution < -0.4 is 0 Å². The number of carbonyl (C=O) groups excluding carboxylic acids is 1. The fourth-order valence-electron chi connectivity index (χ4n) is 2.01. The van der Waals surface area contributed by atoms with Gasteiger partial charge < -0.3 is 4.90 Å². The Labute approximate surface area is 116 Å². The van der Waals surface area contributed by atoms with Crippen LogP contribution >= 0.6 is 38.6 Å². The van der Waals surface area contributed by atoms with Crippen molar-refractivity contribution in [2.24, 2.45) is 0 Å². The zero-order chi connectivity index (χ0) is 11.8. The Kier molecular flexibility index (Phi) is 3.06. The Morgan fingerprint density at radius 2 is 2.12 bits per heavy atom. The first-order valence-electron chi connectivity index (χ1n) is 5.33. The summed E-state index contributed by atoms with van der Waals surface area (Å²) < 4.78 is 0.906. The highest BCUT2D eigenvalue weighted by Crippen LogP contribution is 2.28. The van der Waals surface area contributed by atoms with Crippen molar-refractivity contribution in [1.82, 2.24) is 4.90 Å². The maximum atomic E-state index is 12.3. The molecule has 88 valence electrons. The van der Waals surface area contributed by atoms with Crippen LogP contribution in [-0.2, 0) is 13.0 Å². The molecule has 17 heavy (non-hydrogen) atoms. The number of nitrogens with zero attached hydrogens (tertiary/aromatic N) is 1. The molecule has 0 unspecified atom stereocenters. The van der Waals surface area contributed by atoms with Gasteiger partial charge in [-0.1, -0.05) is 0 Å². The monoisotopic (exact) mass is 327 g/mol. The Balaban J connectivity index is 1.84. The molecule has 2 nitrogen and oxygen atoms in total. The van der Waals surface area contributed by atoms with E-state index in [9.17, 15) is 4.79 Å². The van der Waals surface area contributed by atoms with Crippen LogP contribution in [-0.4, -0.2) is 17.4 Å². The third kappa shape index (κ3) is 2.07. The van der Waals surface area contributed by atoms with Crippen LogP contribution in [0.2, 0.25) is 0 Å². The standard InChI is InChI=1S/C12H10BrNOS2/c13-9-3-6-17-11(9)12(15)14-4-1-10-8(7-14)2-5-16-10/h2-3,5-6H,1,4,7H2. The molecular weight excluding hydrogens is 318 g/mol. The summed E-state index contributed by atoms with van der Waals surface area (Å²) in [5.41, 5.74) is 1.31. The summed E-state index contributed by atoms with van der Waals surface area (Å²) in [6, 6.07) is 4.06. The lowest BCUT2D eigenvalue weighted by Crippen LogP contribution is -2.35. The van der Waals surface area contributed by atoms with Crippen LogP contribution in [0.15, 0.2) is 27.4 Å². The van der Waals surface area contributed by atoms with Gasteiger partial charge in [-0.3, -0.25) is 4.79 Å². The Bertz CT molecular complexity index is 560. The number of thiophene rings is 2. The van der Waals surface area contributed by atoms with Crippen LogP contribution in [0, 0.1) is 0 Å². The molecule has 0 saturated heterocycles. The average Bonchev–Trinajstić information content (AvgIpc) is 2.95. The van der Waals surface area contributed by atoms with E-state index in [2.05, 4.69) is 27.4 Å². The molecule has 0 aromatic carbocycles. The highest BCUT2D eigenvalue weighted by Gasteiger charge is 2.24. The summed E-state index contributed by atoms with van der Waals surface area (Å²) in [5.74, 6) is 0.142. The Morgan fingerprint density at radius 1 is 1.29 bits per heavy atom. The summed E-state index contributed by atoms with van der Waals surface area (Å²) in [6.07, 6.45) is 0.988. The maximum absolute atomic E-state index is 12.3. The van der Waals surface area contributed by atoms with E-state index >= 15 is 0 Å². The maximum Gasteiger partial charge on any atom is 0.265 e. The summed E-state index contributed by atoms with van der Waals surface area (Å²) >= 11 is 6.72. The summed E-state index contributed by atoms with van der Waals surface area (Å²) in [5, 5.41) is 4.05. The minimum absolute atomic E-state index is 0.142.